The van der Waals surface area contributed by atoms with E-state index in [2.05, 4.69) is 0 Å². The molecule has 1 aromatic carbocycles. The molecule has 3 rings (SSSR count). The fraction of sp³-hybridized carbons (Fsp3) is 0.438. The maximum atomic E-state index is 13.6. The van der Waals surface area contributed by atoms with E-state index in [1.54, 1.807) is 41.0 Å². The summed E-state index contributed by atoms with van der Waals surface area (Å²) < 4.78 is 40.9. The smallest absolute Gasteiger partial charge is 0.318 e. The molecule has 0 radical (unpaired) electrons. The molecule has 6 nitrogen and oxygen atoms in total. The lowest BCUT2D eigenvalue weighted by Crippen LogP contribution is -2.69. The van der Waals surface area contributed by atoms with Crippen LogP contribution in [-0.2, 0) is 9.59 Å². The molecule has 4 amide bonds. The van der Waals surface area contributed by atoms with Gasteiger partial charge in [-0.3, -0.25) is 19.8 Å². The summed E-state index contributed by atoms with van der Waals surface area (Å²) in [5.41, 5.74) is -2.93. The second-order valence-electron chi connectivity index (χ2n) is 6.20. The summed E-state index contributed by atoms with van der Waals surface area (Å²) in [5.74, 6) is -2.97. The lowest BCUT2D eigenvalue weighted by Gasteiger charge is -2.30. The molecule has 0 aromatic heterocycles. The summed E-state index contributed by atoms with van der Waals surface area (Å²) in [4.78, 5) is 37.1. The van der Waals surface area contributed by atoms with Crippen LogP contribution in [0.1, 0.15) is 31.4 Å². The molecule has 1 aliphatic heterocycles. The minimum absolute atomic E-state index is 0.464. The zero-order valence-electron chi connectivity index (χ0n) is 13.3. The van der Waals surface area contributed by atoms with Crippen LogP contribution < -0.4 is 10.6 Å². The molecule has 2 aliphatic rings. The lowest BCUT2D eigenvalue weighted by molar-refractivity contribution is -0.204. The number of urea groups is 1. The Morgan fingerprint density at radius 3 is 2.40 bits per heavy atom. The second kappa shape index (κ2) is 5.75. The van der Waals surface area contributed by atoms with Gasteiger partial charge in [0.25, 0.3) is 11.6 Å². The van der Waals surface area contributed by atoms with Crippen molar-refractivity contribution in [2.45, 2.75) is 37.6 Å². The van der Waals surface area contributed by atoms with E-state index in [4.69, 9.17) is 0 Å². The van der Waals surface area contributed by atoms with Gasteiger partial charge in [0.2, 0.25) is 5.91 Å². The van der Waals surface area contributed by atoms with Crippen molar-refractivity contribution in [1.82, 2.24) is 15.5 Å². The maximum absolute atomic E-state index is 13.6. The summed E-state index contributed by atoms with van der Waals surface area (Å²) >= 11 is 0. The van der Waals surface area contributed by atoms with Crippen LogP contribution in [0, 0.1) is 5.92 Å². The minimum atomic E-state index is -5.17. The number of hydrogen-bond donors (Lipinski definition) is 2. The molecule has 2 atom stereocenters. The molecule has 1 aliphatic carbocycles. The van der Waals surface area contributed by atoms with Crippen LogP contribution in [0.15, 0.2) is 30.3 Å². The summed E-state index contributed by atoms with van der Waals surface area (Å²) in [7, 11) is 0. The van der Waals surface area contributed by atoms with Crippen molar-refractivity contribution in [2.24, 2.45) is 5.92 Å². The van der Waals surface area contributed by atoms with Gasteiger partial charge in [-0.2, -0.15) is 13.2 Å². The van der Waals surface area contributed by atoms with Gasteiger partial charge in [-0.1, -0.05) is 30.3 Å². The fourth-order valence-electron chi connectivity index (χ4n) is 2.76. The maximum Gasteiger partial charge on any atom is 0.440 e. The third-order valence-corrected chi connectivity index (χ3v) is 4.41. The van der Waals surface area contributed by atoms with E-state index < -0.39 is 41.6 Å². The summed E-state index contributed by atoms with van der Waals surface area (Å²) in [5, 5.41) is 3.38. The first-order valence-corrected chi connectivity index (χ1v) is 7.77. The van der Waals surface area contributed by atoms with E-state index >= 15 is 0 Å². The van der Waals surface area contributed by atoms with Crippen LogP contribution in [0.2, 0.25) is 0 Å². The number of imide groups is 1. The quantitative estimate of drug-likeness (QED) is 0.812. The summed E-state index contributed by atoms with van der Waals surface area (Å²) in [6.07, 6.45) is -4.24. The van der Waals surface area contributed by atoms with E-state index in [1.165, 1.54) is 6.92 Å². The van der Waals surface area contributed by atoms with Gasteiger partial charge in [0.05, 0.1) is 6.04 Å². The number of halogens is 3. The molecule has 0 spiro atoms. The summed E-state index contributed by atoms with van der Waals surface area (Å²) in [6.45, 7) is 1.45. The van der Waals surface area contributed by atoms with Crippen LogP contribution in [0.4, 0.5) is 18.0 Å². The largest absolute Gasteiger partial charge is 0.440 e. The highest BCUT2D eigenvalue weighted by Gasteiger charge is 2.69. The van der Waals surface area contributed by atoms with Crippen LogP contribution in [0.5, 0.6) is 0 Å². The first-order chi connectivity index (χ1) is 11.7. The van der Waals surface area contributed by atoms with Gasteiger partial charge in [-0.15, -0.1) is 0 Å². The Labute approximate surface area is 141 Å². The van der Waals surface area contributed by atoms with Crippen LogP contribution in [0.3, 0.4) is 0 Å². The zero-order valence-corrected chi connectivity index (χ0v) is 13.3. The van der Waals surface area contributed by atoms with Gasteiger partial charge in [-0.05, 0) is 25.3 Å². The molecule has 9 heteroatoms. The van der Waals surface area contributed by atoms with Crippen LogP contribution >= 0.6 is 0 Å². The number of rotatable bonds is 4. The van der Waals surface area contributed by atoms with Gasteiger partial charge >= 0.3 is 12.2 Å². The lowest BCUT2D eigenvalue weighted by atomic mass is 10.1. The standard InChI is InChI=1S/C16H16F3N3O3/c1-9(10-5-3-2-4-6-10)22-13(24)15(16(17,18)19,21-14(22)25)20-12(23)11-7-8-11/h2-6,9,11H,7-8H2,1H3,(H,20,23)(H,21,25)/t9-,15-/m1/s1. The van der Waals surface area contributed by atoms with E-state index in [-0.39, 0.29) is 0 Å². The Morgan fingerprint density at radius 2 is 1.88 bits per heavy atom. The van der Waals surface area contributed by atoms with Crippen molar-refractivity contribution in [3.05, 3.63) is 35.9 Å². The highest BCUT2D eigenvalue weighted by atomic mass is 19.4. The van der Waals surface area contributed by atoms with E-state index in [9.17, 15) is 27.6 Å². The molecular weight excluding hydrogens is 339 g/mol. The number of hydrogen-bond acceptors (Lipinski definition) is 3. The van der Waals surface area contributed by atoms with E-state index in [0.717, 1.165) is 0 Å². The molecule has 2 N–H and O–H groups in total. The van der Waals surface area contributed by atoms with E-state index in [0.29, 0.717) is 23.3 Å². The monoisotopic (exact) mass is 355 g/mol. The Balaban J connectivity index is 1.94. The number of nitrogens with one attached hydrogen (secondary N) is 2. The number of carbonyl (C=O) groups excluding carboxylic acids is 3. The summed E-state index contributed by atoms with van der Waals surface area (Å²) in [6, 6.07) is 6.08. The molecule has 1 aromatic rings. The predicted molar refractivity (Wildman–Crippen MR) is 79.9 cm³/mol. The Hall–Kier alpha value is -2.58. The average Bonchev–Trinajstić information content (AvgIpc) is 3.35. The van der Waals surface area contributed by atoms with Gasteiger partial charge in [0, 0.05) is 5.92 Å². The van der Waals surface area contributed by atoms with Crippen molar-refractivity contribution < 1.29 is 27.6 Å². The SMILES string of the molecule is C[C@H](c1ccccc1)N1C(=O)N[C@@](NC(=O)C2CC2)(C(F)(F)F)C1=O. The van der Waals surface area contributed by atoms with Crippen molar-refractivity contribution in [2.75, 3.05) is 0 Å². The number of nitrogens with zero attached hydrogens (tertiary/aromatic N) is 1. The molecule has 1 saturated heterocycles. The van der Waals surface area contributed by atoms with Crippen molar-refractivity contribution in [3.8, 4) is 0 Å². The zero-order chi connectivity index (χ0) is 18.4. The third-order valence-electron chi connectivity index (χ3n) is 4.41. The molecule has 0 bridgehead atoms. The average molecular weight is 355 g/mol. The molecule has 134 valence electrons. The molecule has 2 fully saturated rings. The highest BCUT2D eigenvalue weighted by Crippen LogP contribution is 2.38. The second-order valence-corrected chi connectivity index (χ2v) is 6.20. The van der Waals surface area contributed by atoms with Crippen molar-refractivity contribution >= 4 is 17.8 Å². The Morgan fingerprint density at radius 1 is 1.28 bits per heavy atom. The Bertz CT molecular complexity index is 718. The van der Waals surface area contributed by atoms with Crippen LogP contribution in [-0.4, -0.2) is 34.6 Å². The fourth-order valence-corrected chi connectivity index (χ4v) is 2.76. The number of alkyl halides is 3. The predicted octanol–water partition coefficient (Wildman–Crippen LogP) is 2.08. The molecule has 1 heterocycles. The Kier molecular flexibility index (Phi) is 3.97. The minimum Gasteiger partial charge on any atom is -0.318 e. The van der Waals surface area contributed by atoms with Gasteiger partial charge in [-0.25, -0.2) is 4.79 Å². The van der Waals surface area contributed by atoms with Gasteiger partial charge in [0.15, 0.2) is 0 Å². The third kappa shape index (κ3) is 2.83. The van der Waals surface area contributed by atoms with Crippen molar-refractivity contribution in [3.63, 3.8) is 0 Å². The molecular formula is C16H16F3N3O3. The molecule has 1 saturated carbocycles. The molecule has 0 unspecified atom stereocenters. The van der Waals surface area contributed by atoms with Crippen molar-refractivity contribution in [1.29, 1.82) is 0 Å². The van der Waals surface area contributed by atoms with Gasteiger partial charge < -0.3 is 5.32 Å². The highest BCUT2D eigenvalue weighted by molar-refractivity contribution is 6.09. The number of amides is 4. The first-order valence-electron chi connectivity index (χ1n) is 7.77. The normalized spacial score (nSPS) is 24.9. The van der Waals surface area contributed by atoms with E-state index in [1.807, 2.05) is 0 Å². The number of carbonyl (C=O) groups is 3. The number of benzene rings is 1. The first kappa shape index (κ1) is 17.2. The topological polar surface area (TPSA) is 78.5 Å². The van der Waals surface area contributed by atoms with Gasteiger partial charge in [0.1, 0.15) is 0 Å². The van der Waals surface area contributed by atoms with Crippen LogP contribution in [0.25, 0.3) is 0 Å². The molecule has 25 heavy (non-hydrogen) atoms.